The molecule has 0 spiro atoms. The van der Waals surface area contributed by atoms with Crippen LogP contribution in [-0.4, -0.2) is 77.8 Å². The number of carbonyl (C=O) groups excluding carboxylic acids is 4. The van der Waals surface area contributed by atoms with Crippen LogP contribution in [0.4, 0.5) is 24.5 Å². The molecular weight excluding hydrogens is 687 g/mol. The maximum atomic E-state index is 13.7. The Bertz CT molecular complexity index is 1990. The fourth-order valence-electron chi connectivity index (χ4n) is 6.48. The maximum Gasteiger partial charge on any atom is 0.416 e. The van der Waals surface area contributed by atoms with Crippen molar-refractivity contribution in [2.24, 2.45) is 0 Å². The third-order valence-electron chi connectivity index (χ3n) is 9.23. The zero-order chi connectivity index (χ0) is 37.5. The number of hydrazine groups is 1. The summed E-state index contributed by atoms with van der Waals surface area (Å²) < 4.78 is 39.6. The third-order valence-corrected chi connectivity index (χ3v) is 9.23. The summed E-state index contributed by atoms with van der Waals surface area (Å²) in [5.41, 5.74) is 5.47. The molecule has 2 aliphatic rings. The van der Waals surface area contributed by atoms with Gasteiger partial charge in [-0.15, -0.1) is 0 Å². The van der Waals surface area contributed by atoms with Crippen molar-refractivity contribution < 1.29 is 32.3 Å². The van der Waals surface area contributed by atoms with Gasteiger partial charge in [-0.3, -0.25) is 29.6 Å². The Morgan fingerprint density at radius 2 is 1.47 bits per heavy atom. The minimum absolute atomic E-state index is 0.110. The van der Waals surface area contributed by atoms with E-state index in [-0.39, 0.29) is 29.5 Å². The summed E-state index contributed by atoms with van der Waals surface area (Å²) in [6.45, 7) is 4.86. The van der Waals surface area contributed by atoms with Gasteiger partial charge in [0.05, 0.1) is 16.9 Å². The van der Waals surface area contributed by atoms with Crippen LogP contribution in [0.25, 0.3) is 11.3 Å². The van der Waals surface area contributed by atoms with Crippen molar-refractivity contribution in [1.82, 2.24) is 25.6 Å². The van der Waals surface area contributed by atoms with Crippen molar-refractivity contribution in [3.63, 3.8) is 0 Å². The molecule has 4 amide bonds. The van der Waals surface area contributed by atoms with E-state index in [0.29, 0.717) is 54.3 Å². The topological polar surface area (TPSA) is 127 Å². The van der Waals surface area contributed by atoms with Crippen LogP contribution in [0.15, 0.2) is 85.1 Å². The van der Waals surface area contributed by atoms with Crippen LogP contribution < -0.4 is 21.0 Å². The second-order valence-electron chi connectivity index (χ2n) is 13.1. The van der Waals surface area contributed by atoms with E-state index < -0.39 is 23.6 Å². The van der Waals surface area contributed by atoms with E-state index in [1.165, 1.54) is 31.3 Å². The molecule has 1 aromatic heterocycles. The lowest BCUT2D eigenvalue weighted by atomic mass is 10.0. The maximum absolute atomic E-state index is 13.7. The standard InChI is InChI=1S/C39H40F3N7O4/c1-26(50)46-49-19-17-48(18-20-49)38(53)30-9-6-8-28(22-30)37(52)45-34-12-11-32(47-15-3-2-4-16-47)24-33(34)35-23-29(13-14-43-35)36(51)44-25-27-7-5-10-31(21-27)39(40,41)42/h5-14,21-24H,2-4,15-20,25H2,1H3,(H,44,51)(H,45,52)(H,46,50). The lowest BCUT2D eigenvalue weighted by molar-refractivity contribution is -0.137. The molecule has 0 radical (unpaired) electrons. The van der Waals surface area contributed by atoms with Crippen molar-refractivity contribution in [3.05, 3.63) is 113 Å². The van der Waals surface area contributed by atoms with E-state index in [1.54, 1.807) is 46.3 Å². The summed E-state index contributed by atoms with van der Waals surface area (Å²) in [7, 11) is 0. The molecular formula is C39H40F3N7O4. The Kier molecular flexibility index (Phi) is 11.4. The van der Waals surface area contributed by atoms with Gasteiger partial charge < -0.3 is 20.4 Å². The largest absolute Gasteiger partial charge is 0.416 e. The Morgan fingerprint density at radius 3 is 2.21 bits per heavy atom. The average Bonchev–Trinajstić information content (AvgIpc) is 3.17. The van der Waals surface area contributed by atoms with Crippen molar-refractivity contribution in [2.45, 2.75) is 38.9 Å². The van der Waals surface area contributed by atoms with Gasteiger partial charge in [-0.1, -0.05) is 18.2 Å². The number of alkyl halides is 3. The van der Waals surface area contributed by atoms with E-state index in [4.69, 9.17) is 0 Å². The SMILES string of the molecule is CC(=O)NN1CCN(C(=O)c2cccc(C(=O)Nc3ccc(N4CCCCC4)cc3-c3cc(C(=O)NCc4cccc(C(F)(F)F)c4)ccn3)c2)CC1. The van der Waals surface area contributed by atoms with Crippen molar-refractivity contribution >= 4 is 35.0 Å². The Balaban J connectivity index is 1.21. The molecule has 276 valence electrons. The molecule has 0 bridgehead atoms. The van der Waals surface area contributed by atoms with Crippen molar-refractivity contribution in [1.29, 1.82) is 0 Å². The molecule has 0 unspecified atom stereocenters. The highest BCUT2D eigenvalue weighted by atomic mass is 19.4. The molecule has 2 fully saturated rings. The molecule has 4 aromatic rings. The summed E-state index contributed by atoms with van der Waals surface area (Å²) in [5.74, 6) is -1.34. The first-order valence-electron chi connectivity index (χ1n) is 17.5. The highest BCUT2D eigenvalue weighted by Gasteiger charge is 2.30. The number of amides is 4. The number of hydrogen-bond acceptors (Lipinski definition) is 7. The molecule has 53 heavy (non-hydrogen) atoms. The van der Waals surface area contributed by atoms with Gasteiger partial charge in [0, 0.05) is 86.9 Å². The van der Waals surface area contributed by atoms with Crippen LogP contribution in [0.5, 0.6) is 0 Å². The number of nitrogens with one attached hydrogen (secondary N) is 3. The van der Waals surface area contributed by atoms with Crippen LogP contribution in [-0.2, 0) is 17.5 Å². The molecule has 2 saturated heterocycles. The minimum atomic E-state index is -4.50. The van der Waals surface area contributed by atoms with Crippen LogP contribution in [0.3, 0.4) is 0 Å². The van der Waals surface area contributed by atoms with Gasteiger partial charge in [0.1, 0.15) is 0 Å². The monoisotopic (exact) mass is 727 g/mol. The van der Waals surface area contributed by atoms with E-state index >= 15 is 0 Å². The number of piperidine rings is 1. The van der Waals surface area contributed by atoms with Gasteiger partial charge in [-0.25, -0.2) is 5.01 Å². The van der Waals surface area contributed by atoms with Gasteiger partial charge in [-0.05, 0) is 85.5 Å². The number of anilines is 2. The van der Waals surface area contributed by atoms with Crippen LogP contribution in [0, 0.1) is 0 Å². The average molecular weight is 728 g/mol. The molecule has 0 saturated carbocycles. The molecule has 3 heterocycles. The molecule has 0 atom stereocenters. The fourth-order valence-corrected chi connectivity index (χ4v) is 6.48. The number of rotatable bonds is 9. The lowest BCUT2D eigenvalue weighted by Gasteiger charge is -2.34. The van der Waals surface area contributed by atoms with Crippen LogP contribution >= 0.6 is 0 Å². The van der Waals surface area contributed by atoms with Crippen LogP contribution in [0.2, 0.25) is 0 Å². The first-order chi connectivity index (χ1) is 25.4. The lowest BCUT2D eigenvalue weighted by Crippen LogP contribution is -2.54. The molecule has 2 aliphatic heterocycles. The van der Waals surface area contributed by atoms with E-state index in [9.17, 15) is 32.3 Å². The van der Waals surface area contributed by atoms with Crippen molar-refractivity contribution in [2.75, 3.05) is 49.5 Å². The van der Waals surface area contributed by atoms with Gasteiger partial charge in [0.15, 0.2) is 0 Å². The number of nitrogens with zero attached hydrogens (tertiary/aromatic N) is 4. The molecule has 14 heteroatoms. The predicted molar refractivity (Wildman–Crippen MR) is 194 cm³/mol. The van der Waals surface area contributed by atoms with E-state index in [1.807, 2.05) is 12.1 Å². The zero-order valence-electron chi connectivity index (χ0n) is 29.2. The number of pyridine rings is 1. The highest BCUT2D eigenvalue weighted by Crippen LogP contribution is 2.33. The second-order valence-corrected chi connectivity index (χ2v) is 13.1. The fraction of sp³-hybridized carbons (Fsp3) is 0.308. The number of aromatic nitrogens is 1. The molecule has 3 N–H and O–H groups in total. The van der Waals surface area contributed by atoms with Gasteiger partial charge >= 0.3 is 6.18 Å². The summed E-state index contributed by atoms with van der Waals surface area (Å²) >= 11 is 0. The molecule has 6 rings (SSSR count). The quantitative estimate of drug-likeness (QED) is 0.201. The number of benzene rings is 3. The van der Waals surface area contributed by atoms with Gasteiger partial charge in [0.2, 0.25) is 5.91 Å². The Labute approximate surface area is 305 Å². The van der Waals surface area contributed by atoms with E-state index in [2.05, 4.69) is 25.9 Å². The first-order valence-corrected chi connectivity index (χ1v) is 17.5. The second kappa shape index (κ2) is 16.3. The smallest absolute Gasteiger partial charge is 0.372 e. The Hall–Kier alpha value is -5.76. The number of hydrogen-bond donors (Lipinski definition) is 3. The predicted octanol–water partition coefficient (Wildman–Crippen LogP) is 5.75. The highest BCUT2D eigenvalue weighted by molar-refractivity contribution is 6.08. The van der Waals surface area contributed by atoms with Crippen LogP contribution in [0.1, 0.15) is 68.4 Å². The summed E-state index contributed by atoms with van der Waals surface area (Å²) in [4.78, 5) is 60.2. The van der Waals surface area contributed by atoms with E-state index in [0.717, 1.165) is 50.2 Å². The molecule has 11 nitrogen and oxygen atoms in total. The number of piperazine rings is 1. The van der Waals surface area contributed by atoms with Gasteiger partial charge in [0.25, 0.3) is 17.7 Å². The zero-order valence-corrected chi connectivity index (χ0v) is 29.2. The normalized spacial score (nSPS) is 15.1. The van der Waals surface area contributed by atoms with Gasteiger partial charge in [-0.2, -0.15) is 13.2 Å². The summed E-state index contributed by atoms with van der Waals surface area (Å²) in [6.07, 6.45) is 0.216. The summed E-state index contributed by atoms with van der Waals surface area (Å²) in [5, 5.41) is 7.43. The number of carbonyl (C=O) groups is 4. The third kappa shape index (κ3) is 9.38. The Morgan fingerprint density at radius 1 is 0.755 bits per heavy atom. The molecule has 3 aromatic carbocycles. The minimum Gasteiger partial charge on any atom is -0.372 e. The molecule has 0 aliphatic carbocycles. The summed E-state index contributed by atoms with van der Waals surface area (Å²) in [6, 6.07) is 20.0. The van der Waals surface area contributed by atoms with Crippen molar-refractivity contribution in [3.8, 4) is 11.3 Å². The number of halogens is 3. The first kappa shape index (κ1) is 37.0.